The number of nitrogens with one attached hydrogen (secondary N) is 1. The molecule has 1 atom stereocenters. The lowest BCUT2D eigenvalue weighted by Gasteiger charge is -2.34. The Morgan fingerprint density at radius 2 is 1.75 bits per heavy atom. The van der Waals surface area contributed by atoms with Gasteiger partial charge in [-0.15, -0.1) is 0 Å². The normalized spacial score (nSPS) is 15.2. The molecule has 1 unspecified atom stereocenters. The van der Waals surface area contributed by atoms with Crippen LogP contribution in [0.1, 0.15) is 30.9 Å². The molecule has 8 nitrogen and oxygen atoms in total. The molecule has 0 bridgehead atoms. The van der Waals surface area contributed by atoms with E-state index in [-0.39, 0.29) is 18.2 Å². The zero-order valence-electron chi connectivity index (χ0n) is 22.2. The van der Waals surface area contributed by atoms with Gasteiger partial charge in [0.2, 0.25) is 11.3 Å². The number of hydrogen-bond acceptors (Lipinski definition) is 5. The average molecular weight is 580 g/mol. The van der Waals surface area contributed by atoms with Crippen LogP contribution in [0.25, 0.3) is 11.1 Å². The molecule has 2 heterocycles. The minimum Gasteiger partial charge on any atom is -0.493 e. The quantitative estimate of drug-likeness (QED) is 0.336. The summed E-state index contributed by atoms with van der Waals surface area (Å²) in [5.74, 6) is 1.04. The molecule has 0 saturated carbocycles. The van der Waals surface area contributed by atoms with Crippen LogP contribution in [0.2, 0.25) is 0 Å². The van der Waals surface area contributed by atoms with E-state index in [0.717, 1.165) is 28.9 Å². The lowest BCUT2D eigenvalue weighted by atomic mass is 10.00. The van der Waals surface area contributed by atoms with Crippen molar-refractivity contribution in [3.63, 3.8) is 0 Å². The maximum Gasteiger partial charge on any atom is 0.416 e. The molecule has 1 fully saturated rings. The molecule has 0 amide bonds. The number of hydrogen-bond donors (Lipinski definition) is 2. The van der Waals surface area contributed by atoms with E-state index in [0.29, 0.717) is 56.0 Å². The van der Waals surface area contributed by atoms with E-state index in [1.54, 1.807) is 13.2 Å². The van der Waals surface area contributed by atoms with Crippen molar-refractivity contribution < 1.29 is 31.4 Å². The molecule has 1 aromatic heterocycles. The van der Waals surface area contributed by atoms with Crippen molar-refractivity contribution >= 4 is 17.0 Å². The predicted octanol–water partition coefficient (Wildman–Crippen LogP) is 4.79. The van der Waals surface area contributed by atoms with Gasteiger partial charge in [-0.3, -0.25) is 9.35 Å². The highest BCUT2D eigenvalue weighted by molar-refractivity contribution is 7.77. The molecule has 3 aromatic rings. The van der Waals surface area contributed by atoms with Gasteiger partial charge in [0.05, 0.1) is 12.2 Å². The topological polar surface area (TPSA) is 93.0 Å². The summed E-state index contributed by atoms with van der Waals surface area (Å²) in [7, 11) is 1.66. The summed E-state index contributed by atoms with van der Waals surface area (Å²) in [5, 5.41) is 0. The molecule has 0 radical (unpaired) electrons. The first-order valence-electron chi connectivity index (χ1n) is 12.9. The Morgan fingerprint density at radius 1 is 1.05 bits per heavy atom. The summed E-state index contributed by atoms with van der Waals surface area (Å²) in [6, 6.07) is 12.3. The second-order valence-electron chi connectivity index (χ2n) is 9.51. The Hall–Kier alpha value is -3.35. The number of aryl methyl sites for hydroxylation is 1. The van der Waals surface area contributed by atoms with Crippen molar-refractivity contribution in [3.05, 3.63) is 76.2 Å². The summed E-state index contributed by atoms with van der Waals surface area (Å²) in [5.41, 5.74) is 2.16. The van der Waals surface area contributed by atoms with Crippen LogP contribution in [0.15, 0.2) is 59.5 Å². The van der Waals surface area contributed by atoms with Gasteiger partial charge in [0.15, 0.2) is 0 Å². The number of ether oxygens (including phenoxy) is 2. The summed E-state index contributed by atoms with van der Waals surface area (Å²) in [4.78, 5) is 14.4. The zero-order valence-corrected chi connectivity index (χ0v) is 23.1. The van der Waals surface area contributed by atoms with Crippen LogP contribution in [0, 0.1) is 0 Å². The smallest absolute Gasteiger partial charge is 0.416 e. The molecule has 0 aliphatic carbocycles. The van der Waals surface area contributed by atoms with Crippen LogP contribution in [0.5, 0.6) is 11.5 Å². The van der Waals surface area contributed by atoms with E-state index in [4.69, 9.17) is 14.0 Å². The van der Waals surface area contributed by atoms with Gasteiger partial charge in [-0.1, -0.05) is 6.07 Å². The number of nitrogens with zero attached hydrogens (tertiary/aromatic N) is 2. The number of pyridine rings is 1. The third-order valence-corrected chi connectivity index (χ3v) is 7.21. The molecule has 1 saturated heterocycles. The van der Waals surface area contributed by atoms with Crippen LogP contribution < -0.4 is 24.7 Å². The summed E-state index contributed by atoms with van der Waals surface area (Å²) >= 11 is -2.11. The number of aromatic nitrogens is 1. The van der Waals surface area contributed by atoms with Crippen molar-refractivity contribution in [3.8, 4) is 22.6 Å². The first kappa shape index (κ1) is 29.6. The fourth-order valence-electron chi connectivity index (χ4n) is 4.69. The lowest BCUT2D eigenvalue weighted by molar-refractivity contribution is -0.137. The largest absolute Gasteiger partial charge is 0.493 e. The van der Waals surface area contributed by atoms with Crippen LogP contribution >= 0.6 is 0 Å². The Labute approximate surface area is 233 Å². The number of halogens is 3. The monoisotopic (exact) mass is 579 g/mol. The molecule has 40 heavy (non-hydrogen) atoms. The first-order chi connectivity index (χ1) is 19.0. The highest BCUT2D eigenvalue weighted by Crippen LogP contribution is 2.38. The van der Waals surface area contributed by atoms with E-state index in [1.165, 1.54) is 22.8 Å². The number of benzene rings is 2. The first-order valence-corrected chi connectivity index (χ1v) is 14.1. The SMILES string of the molecule is CCOc1cc(=O)n(C)cc1-c1cc(CCNS(=O)O)ccc1OC1CCN(c2ccc(C(F)(F)F)cc2)CC1. The average Bonchev–Trinajstić information content (AvgIpc) is 2.91. The molecular weight excluding hydrogens is 547 g/mol. The van der Waals surface area contributed by atoms with Gasteiger partial charge in [0.25, 0.3) is 5.56 Å². The molecule has 2 N–H and O–H groups in total. The number of rotatable bonds is 10. The van der Waals surface area contributed by atoms with E-state index in [2.05, 4.69) is 4.72 Å². The maximum absolute atomic E-state index is 12.9. The number of piperidine rings is 1. The summed E-state index contributed by atoms with van der Waals surface area (Å²) in [6.07, 6.45) is -0.973. The van der Waals surface area contributed by atoms with Gasteiger partial charge in [-0.2, -0.15) is 13.2 Å². The van der Waals surface area contributed by atoms with Gasteiger partial charge in [-0.05, 0) is 55.3 Å². The molecule has 2 aromatic carbocycles. The van der Waals surface area contributed by atoms with E-state index < -0.39 is 23.0 Å². The summed E-state index contributed by atoms with van der Waals surface area (Å²) in [6.45, 7) is 3.73. The number of anilines is 1. The fraction of sp³-hybridized carbons (Fsp3) is 0.393. The van der Waals surface area contributed by atoms with Crippen molar-refractivity contribution in [1.82, 2.24) is 9.29 Å². The Bertz CT molecular complexity index is 1390. The predicted molar refractivity (Wildman–Crippen MR) is 148 cm³/mol. The van der Waals surface area contributed by atoms with Crippen molar-refractivity contribution in [2.24, 2.45) is 7.05 Å². The Kier molecular flexibility index (Phi) is 9.54. The standard InChI is InChI=1S/C28H32F3N3O5S/c1-3-38-26-17-27(35)33(2)18-24(26)23-16-19(10-13-32-40(36)37)4-9-25(23)39-22-11-14-34(15-12-22)21-7-5-20(6-8-21)28(29,30)31/h4-9,16-18,22,32H,3,10-15H2,1-2H3,(H,36,37). The molecule has 4 rings (SSSR count). The van der Waals surface area contributed by atoms with Crippen LogP contribution in [0.3, 0.4) is 0 Å². The van der Waals surface area contributed by atoms with Crippen LogP contribution in [-0.2, 0) is 30.9 Å². The van der Waals surface area contributed by atoms with Gasteiger partial charge in [-0.25, -0.2) is 8.93 Å². The highest BCUT2D eigenvalue weighted by atomic mass is 32.2. The van der Waals surface area contributed by atoms with Crippen molar-refractivity contribution in [1.29, 1.82) is 0 Å². The van der Waals surface area contributed by atoms with E-state index >= 15 is 0 Å². The molecule has 12 heteroatoms. The molecule has 0 spiro atoms. The van der Waals surface area contributed by atoms with Gasteiger partial charge in [0.1, 0.15) is 17.6 Å². The molecular formula is C28H32F3N3O5S. The molecule has 1 aliphatic heterocycles. The number of alkyl halides is 3. The van der Waals surface area contributed by atoms with E-state index in [9.17, 15) is 22.2 Å². The third kappa shape index (κ3) is 7.43. The second-order valence-corrected chi connectivity index (χ2v) is 10.3. The minimum atomic E-state index is -4.37. The van der Waals surface area contributed by atoms with Crippen LogP contribution in [0.4, 0.5) is 18.9 Å². The minimum absolute atomic E-state index is 0.128. The fourth-order valence-corrected chi connectivity index (χ4v) is 4.97. The van der Waals surface area contributed by atoms with Gasteiger partial charge < -0.3 is 18.9 Å². The summed E-state index contributed by atoms with van der Waals surface area (Å²) < 4.78 is 75.0. The second kappa shape index (κ2) is 12.9. The van der Waals surface area contributed by atoms with Gasteiger partial charge in [0, 0.05) is 68.6 Å². The van der Waals surface area contributed by atoms with Crippen LogP contribution in [-0.4, -0.2) is 45.7 Å². The molecule has 216 valence electrons. The molecule has 1 aliphatic rings. The van der Waals surface area contributed by atoms with Gasteiger partial charge >= 0.3 is 6.18 Å². The zero-order chi connectivity index (χ0) is 28.9. The Morgan fingerprint density at radius 3 is 2.38 bits per heavy atom. The van der Waals surface area contributed by atoms with Crippen molar-refractivity contribution in [2.75, 3.05) is 31.1 Å². The Balaban J connectivity index is 1.55. The highest BCUT2D eigenvalue weighted by Gasteiger charge is 2.30. The maximum atomic E-state index is 12.9. The van der Waals surface area contributed by atoms with Crippen molar-refractivity contribution in [2.45, 2.75) is 38.5 Å². The lowest BCUT2D eigenvalue weighted by Crippen LogP contribution is -2.38. The van der Waals surface area contributed by atoms with E-state index in [1.807, 2.05) is 30.0 Å². The third-order valence-electron chi connectivity index (χ3n) is 6.76.